The van der Waals surface area contributed by atoms with E-state index >= 15 is 0 Å². The number of benzene rings is 1. The second kappa shape index (κ2) is 6.31. The summed E-state index contributed by atoms with van der Waals surface area (Å²) in [5, 5.41) is 4.13. The lowest BCUT2D eigenvalue weighted by atomic mass is 10.0. The number of hydrazine groups is 1. The fourth-order valence-electron chi connectivity index (χ4n) is 2.25. The second-order valence-corrected chi connectivity index (χ2v) is 4.76. The number of nitrogens with zero attached hydrogens (tertiary/aromatic N) is 3. The first kappa shape index (κ1) is 14.2. The van der Waals surface area contributed by atoms with Gasteiger partial charge >= 0.3 is 0 Å². The topological polar surface area (TPSA) is 76.2 Å². The fraction of sp³-hybridized carbons (Fsp3) is 0.286. The van der Waals surface area contributed by atoms with Gasteiger partial charge in [-0.25, -0.2) is 5.84 Å². The molecule has 2 rings (SSSR count). The maximum absolute atomic E-state index is 12.1. The molecular weight excluding hydrogens is 254 g/mol. The van der Waals surface area contributed by atoms with Crippen molar-refractivity contribution in [3.05, 3.63) is 53.9 Å². The molecule has 0 saturated carbocycles. The highest BCUT2D eigenvalue weighted by Gasteiger charge is 2.24. The number of nitrogens with one attached hydrogen (secondary N) is 1. The summed E-state index contributed by atoms with van der Waals surface area (Å²) in [5.74, 6) is 5.07. The third-order valence-electron chi connectivity index (χ3n) is 3.14. The van der Waals surface area contributed by atoms with Gasteiger partial charge in [-0.3, -0.25) is 19.8 Å². The molecule has 106 valence electrons. The summed E-state index contributed by atoms with van der Waals surface area (Å²) in [4.78, 5) is 14.0. The normalized spacial score (nSPS) is 12.4. The Labute approximate surface area is 118 Å². The molecule has 0 spiro atoms. The van der Waals surface area contributed by atoms with Crippen LogP contribution in [0.5, 0.6) is 0 Å². The number of likely N-dealkylation sites (N-methyl/N-ethyl adjacent to an activating group) is 1. The highest BCUT2D eigenvalue weighted by molar-refractivity contribution is 5.82. The Hall–Kier alpha value is -2.18. The van der Waals surface area contributed by atoms with Gasteiger partial charge in [0.1, 0.15) is 6.04 Å². The van der Waals surface area contributed by atoms with Crippen molar-refractivity contribution in [2.45, 2.75) is 12.6 Å². The quantitative estimate of drug-likeness (QED) is 0.475. The lowest BCUT2D eigenvalue weighted by molar-refractivity contribution is -0.126. The average molecular weight is 273 g/mol. The van der Waals surface area contributed by atoms with E-state index in [1.165, 1.54) is 0 Å². The van der Waals surface area contributed by atoms with Gasteiger partial charge in [0.25, 0.3) is 5.91 Å². The molecule has 1 aromatic heterocycles. The minimum atomic E-state index is -0.429. The molecular formula is C14H19N5O. The number of aryl methyl sites for hydroxylation is 1. The van der Waals surface area contributed by atoms with Crippen LogP contribution >= 0.6 is 0 Å². The zero-order chi connectivity index (χ0) is 14.5. The molecule has 0 radical (unpaired) electrons. The monoisotopic (exact) mass is 273 g/mol. The standard InChI is InChI=1S/C14H19N5O/c1-18(9-11-8-16-19(2)10-11)13(14(20)17-15)12-6-4-3-5-7-12/h3-8,10,13H,9,15H2,1-2H3,(H,17,20). The smallest absolute Gasteiger partial charge is 0.255 e. The summed E-state index contributed by atoms with van der Waals surface area (Å²) in [5.41, 5.74) is 4.18. The van der Waals surface area contributed by atoms with Crippen LogP contribution < -0.4 is 11.3 Å². The predicted octanol–water partition coefficient (Wildman–Crippen LogP) is 0.583. The number of nitrogens with two attached hydrogens (primary N) is 1. The largest absolute Gasteiger partial charge is 0.293 e. The number of rotatable bonds is 5. The first-order valence-electron chi connectivity index (χ1n) is 6.35. The molecule has 1 atom stereocenters. The number of hydrogen-bond acceptors (Lipinski definition) is 4. The van der Waals surface area contributed by atoms with Crippen LogP contribution in [-0.4, -0.2) is 27.6 Å². The molecule has 6 heteroatoms. The Kier molecular flexibility index (Phi) is 4.49. The van der Waals surface area contributed by atoms with E-state index in [1.54, 1.807) is 10.9 Å². The van der Waals surface area contributed by atoms with Crippen LogP contribution in [0.15, 0.2) is 42.7 Å². The Morgan fingerprint density at radius 2 is 2.15 bits per heavy atom. The minimum Gasteiger partial charge on any atom is -0.293 e. The third-order valence-corrected chi connectivity index (χ3v) is 3.14. The zero-order valence-corrected chi connectivity index (χ0v) is 11.7. The molecule has 1 amide bonds. The van der Waals surface area contributed by atoms with Crippen LogP contribution in [0.25, 0.3) is 0 Å². The van der Waals surface area contributed by atoms with Gasteiger partial charge in [-0.2, -0.15) is 5.10 Å². The van der Waals surface area contributed by atoms with Crippen molar-refractivity contribution in [1.82, 2.24) is 20.1 Å². The second-order valence-electron chi connectivity index (χ2n) is 4.76. The van der Waals surface area contributed by atoms with Crippen molar-refractivity contribution in [2.24, 2.45) is 12.9 Å². The molecule has 1 unspecified atom stereocenters. The van der Waals surface area contributed by atoms with E-state index in [4.69, 9.17) is 5.84 Å². The SMILES string of the molecule is CN(Cc1cnn(C)c1)C(C(=O)NN)c1ccccc1. The van der Waals surface area contributed by atoms with Gasteiger partial charge in [-0.15, -0.1) is 0 Å². The first-order chi connectivity index (χ1) is 9.61. The number of aromatic nitrogens is 2. The Bertz CT molecular complexity index is 566. The van der Waals surface area contributed by atoms with Gasteiger partial charge in [0, 0.05) is 25.4 Å². The molecule has 0 aliphatic heterocycles. The molecule has 0 saturated heterocycles. The van der Waals surface area contributed by atoms with Gasteiger partial charge in [0.15, 0.2) is 0 Å². The summed E-state index contributed by atoms with van der Waals surface area (Å²) in [6, 6.07) is 9.14. The summed E-state index contributed by atoms with van der Waals surface area (Å²) >= 11 is 0. The molecule has 6 nitrogen and oxygen atoms in total. The zero-order valence-electron chi connectivity index (χ0n) is 11.7. The van der Waals surface area contributed by atoms with Crippen molar-refractivity contribution in [3.63, 3.8) is 0 Å². The minimum absolute atomic E-state index is 0.234. The van der Waals surface area contributed by atoms with Crippen LogP contribution in [0, 0.1) is 0 Å². The highest BCUT2D eigenvalue weighted by atomic mass is 16.2. The predicted molar refractivity (Wildman–Crippen MR) is 76.2 cm³/mol. The lowest BCUT2D eigenvalue weighted by Crippen LogP contribution is -2.41. The molecule has 2 aromatic rings. The fourth-order valence-corrected chi connectivity index (χ4v) is 2.25. The molecule has 0 aliphatic carbocycles. The number of carbonyl (C=O) groups excluding carboxylic acids is 1. The van der Waals surface area contributed by atoms with E-state index in [9.17, 15) is 4.79 Å². The van der Waals surface area contributed by atoms with E-state index < -0.39 is 6.04 Å². The first-order valence-corrected chi connectivity index (χ1v) is 6.35. The van der Waals surface area contributed by atoms with E-state index in [1.807, 2.05) is 55.5 Å². The van der Waals surface area contributed by atoms with E-state index in [2.05, 4.69) is 10.5 Å². The van der Waals surface area contributed by atoms with Gasteiger partial charge in [0.2, 0.25) is 0 Å². The van der Waals surface area contributed by atoms with Crippen molar-refractivity contribution in [3.8, 4) is 0 Å². The molecule has 1 aromatic carbocycles. The van der Waals surface area contributed by atoms with Gasteiger partial charge in [0.05, 0.1) is 6.20 Å². The molecule has 0 fully saturated rings. The van der Waals surface area contributed by atoms with E-state index in [0.717, 1.165) is 11.1 Å². The Balaban J connectivity index is 2.20. The Morgan fingerprint density at radius 1 is 1.45 bits per heavy atom. The maximum atomic E-state index is 12.1. The number of amides is 1. The molecule has 20 heavy (non-hydrogen) atoms. The average Bonchev–Trinajstić information content (AvgIpc) is 2.85. The molecule has 1 heterocycles. The third kappa shape index (κ3) is 3.23. The van der Waals surface area contributed by atoms with Crippen LogP contribution in [0.1, 0.15) is 17.2 Å². The number of carbonyl (C=O) groups is 1. The van der Waals surface area contributed by atoms with Crippen molar-refractivity contribution in [2.75, 3.05) is 7.05 Å². The summed E-state index contributed by atoms with van der Waals surface area (Å²) in [6.07, 6.45) is 3.72. The number of hydrogen-bond donors (Lipinski definition) is 2. The van der Waals surface area contributed by atoms with Crippen LogP contribution in [0.3, 0.4) is 0 Å². The Morgan fingerprint density at radius 3 is 2.70 bits per heavy atom. The van der Waals surface area contributed by atoms with Gasteiger partial charge in [-0.05, 0) is 12.6 Å². The van der Waals surface area contributed by atoms with Crippen molar-refractivity contribution >= 4 is 5.91 Å². The van der Waals surface area contributed by atoms with Crippen molar-refractivity contribution < 1.29 is 4.79 Å². The molecule has 0 aliphatic rings. The van der Waals surface area contributed by atoms with E-state index in [0.29, 0.717) is 6.54 Å². The summed E-state index contributed by atoms with van der Waals surface area (Å²) in [6.45, 7) is 0.612. The van der Waals surface area contributed by atoms with Gasteiger partial charge < -0.3 is 0 Å². The summed E-state index contributed by atoms with van der Waals surface area (Å²) in [7, 11) is 3.75. The van der Waals surface area contributed by atoms with E-state index in [-0.39, 0.29) is 5.91 Å². The van der Waals surface area contributed by atoms with Crippen LogP contribution in [-0.2, 0) is 18.4 Å². The molecule has 0 bridgehead atoms. The highest BCUT2D eigenvalue weighted by Crippen LogP contribution is 2.21. The van der Waals surface area contributed by atoms with Crippen LogP contribution in [0.4, 0.5) is 0 Å². The maximum Gasteiger partial charge on any atom is 0.255 e. The lowest BCUT2D eigenvalue weighted by Gasteiger charge is -2.26. The van der Waals surface area contributed by atoms with Crippen molar-refractivity contribution in [1.29, 1.82) is 0 Å². The summed E-state index contributed by atoms with van der Waals surface area (Å²) < 4.78 is 1.74. The van der Waals surface area contributed by atoms with Gasteiger partial charge in [-0.1, -0.05) is 30.3 Å². The van der Waals surface area contributed by atoms with Crippen LogP contribution in [0.2, 0.25) is 0 Å². The molecule has 3 N–H and O–H groups in total.